The normalized spacial score (nSPS) is 11.4. The van der Waals surface area contributed by atoms with Gasteiger partial charge in [0.1, 0.15) is 5.75 Å². The molecule has 0 fully saturated rings. The summed E-state index contributed by atoms with van der Waals surface area (Å²) < 4.78 is 41.1. The molecule has 1 N–H and O–H groups in total. The third-order valence-electron chi connectivity index (χ3n) is 2.43. The van der Waals surface area contributed by atoms with Crippen molar-refractivity contribution in [3.8, 4) is 17.0 Å². The molecule has 0 aliphatic rings. The molecule has 1 aromatic carbocycles. The highest BCUT2D eigenvalue weighted by atomic mass is 35.5. The van der Waals surface area contributed by atoms with Gasteiger partial charge in [0.25, 0.3) is 0 Å². The van der Waals surface area contributed by atoms with Crippen LogP contribution in [0.1, 0.15) is 5.69 Å². The maximum Gasteiger partial charge on any atom is 0.573 e. The van der Waals surface area contributed by atoms with E-state index in [1.807, 2.05) is 0 Å². The molecule has 106 valence electrons. The van der Waals surface area contributed by atoms with Gasteiger partial charge in [0.2, 0.25) is 0 Å². The van der Waals surface area contributed by atoms with E-state index in [0.717, 1.165) is 0 Å². The van der Waals surface area contributed by atoms with Gasteiger partial charge < -0.3 is 9.84 Å². The lowest BCUT2D eigenvalue weighted by atomic mass is 10.1. The molecular formula is C13H9ClF3NO2. The number of aromatic nitrogens is 1. The lowest BCUT2D eigenvalue weighted by Crippen LogP contribution is -2.17. The van der Waals surface area contributed by atoms with Gasteiger partial charge in [-0.15, -0.1) is 13.2 Å². The molecule has 0 saturated carbocycles. The fourth-order valence-electron chi connectivity index (χ4n) is 1.64. The maximum absolute atomic E-state index is 12.4. The summed E-state index contributed by atoms with van der Waals surface area (Å²) in [4.78, 5) is 4.02. The molecule has 0 spiro atoms. The SMILES string of the molecule is OCc1ccc(Cl)c(-c2ccccc2OC(F)(F)F)n1. The van der Waals surface area contributed by atoms with E-state index in [4.69, 9.17) is 16.7 Å². The number of nitrogens with zero attached hydrogens (tertiary/aromatic N) is 1. The van der Waals surface area contributed by atoms with Gasteiger partial charge in [0.05, 0.1) is 23.0 Å². The highest BCUT2D eigenvalue weighted by Gasteiger charge is 2.32. The summed E-state index contributed by atoms with van der Waals surface area (Å²) in [5, 5.41) is 9.21. The number of ether oxygens (including phenoxy) is 1. The molecule has 1 heterocycles. The van der Waals surface area contributed by atoms with Gasteiger partial charge in [-0.05, 0) is 24.3 Å². The van der Waals surface area contributed by atoms with E-state index in [9.17, 15) is 13.2 Å². The Morgan fingerprint density at radius 2 is 1.85 bits per heavy atom. The lowest BCUT2D eigenvalue weighted by molar-refractivity contribution is -0.274. The summed E-state index contributed by atoms with van der Waals surface area (Å²) in [5.74, 6) is -0.399. The molecule has 0 aliphatic carbocycles. The first kappa shape index (κ1) is 14.6. The zero-order chi connectivity index (χ0) is 14.8. The van der Waals surface area contributed by atoms with Crippen LogP contribution in [0.2, 0.25) is 5.02 Å². The number of halogens is 4. The van der Waals surface area contributed by atoms with E-state index in [0.29, 0.717) is 5.69 Å². The summed E-state index contributed by atoms with van der Waals surface area (Å²) in [7, 11) is 0. The second-order valence-corrected chi connectivity index (χ2v) is 4.24. The third kappa shape index (κ3) is 3.40. The Balaban J connectivity index is 2.52. The molecule has 0 radical (unpaired) electrons. The van der Waals surface area contributed by atoms with Crippen molar-refractivity contribution in [2.24, 2.45) is 0 Å². The van der Waals surface area contributed by atoms with Gasteiger partial charge >= 0.3 is 6.36 Å². The van der Waals surface area contributed by atoms with Crippen molar-refractivity contribution in [1.29, 1.82) is 0 Å². The molecule has 2 aromatic rings. The van der Waals surface area contributed by atoms with Crippen molar-refractivity contribution < 1.29 is 23.0 Å². The van der Waals surface area contributed by atoms with Crippen molar-refractivity contribution >= 4 is 11.6 Å². The van der Waals surface area contributed by atoms with Crippen LogP contribution in [0, 0.1) is 0 Å². The van der Waals surface area contributed by atoms with Crippen LogP contribution in [0.5, 0.6) is 5.75 Å². The molecule has 2 rings (SSSR count). The van der Waals surface area contributed by atoms with E-state index >= 15 is 0 Å². The van der Waals surface area contributed by atoms with E-state index < -0.39 is 12.1 Å². The quantitative estimate of drug-likeness (QED) is 0.938. The molecule has 0 aliphatic heterocycles. The van der Waals surface area contributed by atoms with E-state index in [2.05, 4.69) is 9.72 Å². The number of hydrogen-bond donors (Lipinski definition) is 1. The number of hydrogen-bond acceptors (Lipinski definition) is 3. The van der Waals surface area contributed by atoms with E-state index in [-0.39, 0.29) is 22.9 Å². The Morgan fingerprint density at radius 1 is 1.15 bits per heavy atom. The number of aliphatic hydroxyl groups excluding tert-OH is 1. The van der Waals surface area contributed by atoms with Crippen LogP contribution in [0.15, 0.2) is 36.4 Å². The Bertz CT molecular complexity index is 617. The molecule has 3 nitrogen and oxygen atoms in total. The highest BCUT2D eigenvalue weighted by Crippen LogP contribution is 2.36. The Morgan fingerprint density at radius 3 is 2.50 bits per heavy atom. The Kier molecular flexibility index (Phi) is 4.15. The van der Waals surface area contributed by atoms with Crippen LogP contribution in [0.25, 0.3) is 11.3 Å². The fraction of sp³-hybridized carbons (Fsp3) is 0.154. The van der Waals surface area contributed by atoms with Crippen molar-refractivity contribution in [3.63, 3.8) is 0 Å². The van der Waals surface area contributed by atoms with Crippen LogP contribution >= 0.6 is 11.6 Å². The van der Waals surface area contributed by atoms with Crippen molar-refractivity contribution in [3.05, 3.63) is 47.1 Å². The first-order chi connectivity index (χ1) is 9.40. The third-order valence-corrected chi connectivity index (χ3v) is 2.74. The summed E-state index contributed by atoms with van der Waals surface area (Å²) in [6.45, 7) is -0.341. The summed E-state index contributed by atoms with van der Waals surface area (Å²) in [5.41, 5.74) is 0.523. The largest absolute Gasteiger partial charge is 0.573 e. The molecule has 0 amide bonds. The number of alkyl halides is 3. The predicted molar refractivity (Wildman–Crippen MR) is 67.3 cm³/mol. The van der Waals surface area contributed by atoms with Gasteiger partial charge in [-0.25, -0.2) is 4.98 Å². The lowest BCUT2D eigenvalue weighted by Gasteiger charge is -2.14. The second kappa shape index (κ2) is 5.68. The molecule has 1 aromatic heterocycles. The number of aliphatic hydroxyl groups is 1. The molecule has 20 heavy (non-hydrogen) atoms. The topological polar surface area (TPSA) is 42.4 Å². The molecule has 0 bridgehead atoms. The van der Waals surface area contributed by atoms with Crippen LogP contribution in [0.3, 0.4) is 0 Å². The van der Waals surface area contributed by atoms with Gasteiger partial charge in [0, 0.05) is 5.56 Å². The smallest absolute Gasteiger partial charge is 0.405 e. The number of pyridine rings is 1. The predicted octanol–water partition coefficient (Wildman–Crippen LogP) is 3.79. The first-order valence-electron chi connectivity index (χ1n) is 5.52. The monoisotopic (exact) mass is 303 g/mol. The minimum absolute atomic E-state index is 0.102. The average molecular weight is 304 g/mol. The standard InChI is InChI=1S/C13H9ClF3NO2/c14-10-6-5-8(7-19)18-12(10)9-3-1-2-4-11(9)20-13(15,16)17/h1-6,19H,7H2. The van der Waals surface area contributed by atoms with E-state index in [1.165, 1.54) is 30.3 Å². The van der Waals surface area contributed by atoms with Gasteiger partial charge in [0.15, 0.2) is 0 Å². The van der Waals surface area contributed by atoms with Gasteiger partial charge in [-0.3, -0.25) is 0 Å². The minimum Gasteiger partial charge on any atom is -0.405 e. The van der Waals surface area contributed by atoms with E-state index in [1.54, 1.807) is 6.07 Å². The fourth-order valence-corrected chi connectivity index (χ4v) is 1.84. The molecule has 0 saturated heterocycles. The van der Waals surface area contributed by atoms with Gasteiger partial charge in [-0.1, -0.05) is 23.7 Å². The molecule has 7 heteroatoms. The van der Waals surface area contributed by atoms with Crippen LogP contribution in [-0.2, 0) is 6.61 Å². The number of rotatable bonds is 3. The van der Waals surface area contributed by atoms with Crippen LogP contribution in [0.4, 0.5) is 13.2 Å². The highest BCUT2D eigenvalue weighted by molar-refractivity contribution is 6.33. The number of benzene rings is 1. The molecule has 0 atom stereocenters. The summed E-state index contributed by atoms with van der Waals surface area (Å²) in [6, 6.07) is 8.48. The number of para-hydroxylation sites is 1. The zero-order valence-corrected chi connectivity index (χ0v) is 10.7. The Labute approximate surface area is 117 Å². The van der Waals surface area contributed by atoms with Crippen molar-refractivity contribution in [1.82, 2.24) is 4.98 Å². The molecule has 0 unspecified atom stereocenters. The van der Waals surface area contributed by atoms with Crippen LogP contribution < -0.4 is 4.74 Å². The Hall–Kier alpha value is -1.79. The minimum atomic E-state index is -4.81. The summed E-state index contributed by atoms with van der Waals surface area (Å²) >= 11 is 5.95. The second-order valence-electron chi connectivity index (χ2n) is 3.84. The average Bonchev–Trinajstić information content (AvgIpc) is 2.38. The maximum atomic E-state index is 12.4. The van der Waals surface area contributed by atoms with Crippen LogP contribution in [-0.4, -0.2) is 16.5 Å². The van der Waals surface area contributed by atoms with Crippen molar-refractivity contribution in [2.75, 3.05) is 0 Å². The zero-order valence-electron chi connectivity index (χ0n) is 9.99. The van der Waals surface area contributed by atoms with Crippen molar-refractivity contribution in [2.45, 2.75) is 13.0 Å². The molecular weight excluding hydrogens is 295 g/mol. The van der Waals surface area contributed by atoms with Gasteiger partial charge in [-0.2, -0.15) is 0 Å². The first-order valence-corrected chi connectivity index (χ1v) is 5.90. The summed E-state index contributed by atoms with van der Waals surface area (Å²) in [6.07, 6.45) is -4.81.